The lowest BCUT2D eigenvalue weighted by Crippen LogP contribution is -2.39. The highest BCUT2D eigenvalue weighted by atomic mass is 16.6. The van der Waals surface area contributed by atoms with Crippen LogP contribution in [0, 0.1) is 0 Å². The molecule has 0 unspecified atom stereocenters. The first kappa shape index (κ1) is 28.4. The number of nitrogens with zero attached hydrogens (tertiary/aromatic N) is 7. The fourth-order valence-electron chi connectivity index (χ4n) is 5.30. The number of aromatic nitrogens is 5. The number of hydrogen-bond acceptors (Lipinski definition) is 9. The van der Waals surface area contributed by atoms with Gasteiger partial charge < -0.3 is 25.4 Å². The van der Waals surface area contributed by atoms with Crippen LogP contribution in [0.25, 0.3) is 22.3 Å². The number of carbonyl (C=O) groups excluding carboxylic acids is 2. The van der Waals surface area contributed by atoms with Crippen LogP contribution in [0.15, 0.2) is 61.3 Å². The number of hydrogen-bond donors (Lipinski definition) is 2. The smallest absolute Gasteiger partial charge is 0.410 e. The fourth-order valence-corrected chi connectivity index (χ4v) is 5.30. The van der Waals surface area contributed by atoms with E-state index in [-0.39, 0.29) is 23.3 Å². The Balaban J connectivity index is 1.02. The summed E-state index contributed by atoms with van der Waals surface area (Å²) in [6.45, 7) is 5.94. The summed E-state index contributed by atoms with van der Waals surface area (Å²) in [7, 11) is 1.82. The van der Waals surface area contributed by atoms with Crippen molar-refractivity contribution in [2.75, 3.05) is 51.7 Å². The highest BCUT2D eigenvalue weighted by molar-refractivity contribution is 5.99. The van der Waals surface area contributed by atoms with Crippen LogP contribution in [0.3, 0.4) is 0 Å². The van der Waals surface area contributed by atoms with Crippen LogP contribution in [0.1, 0.15) is 16.8 Å². The summed E-state index contributed by atoms with van der Waals surface area (Å²) < 4.78 is 14.7. The van der Waals surface area contributed by atoms with Gasteiger partial charge in [0.15, 0.2) is 0 Å². The van der Waals surface area contributed by atoms with Gasteiger partial charge in [-0.2, -0.15) is 10.2 Å². The Morgan fingerprint density at radius 3 is 2.63 bits per heavy atom. The molecule has 0 radical (unpaired) electrons. The number of nitrogens with one attached hydrogen (secondary N) is 1. The predicted molar refractivity (Wildman–Crippen MR) is 159 cm³/mol. The van der Waals surface area contributed by atoms with Gasteiger partial charge in [0.25, 0.3) is 5.91 Å². The number of nitrogen functional groups attached to an aromatic ring is 1. The van der Waals surface area contributed by atoms with Crippen molar-refractivity contribution in [1.82, 2.24) is 39.7 Å². The standard InChI is InChI=1S/C30H35N9O4/c1-36-18-23(16-33-36)22-14-27(28(31)32-15-22)29(40)35-25-5-6-38(20-25)30(41)43-26-4-2-3-21(13-26)24-17-34-39(19-24)8-7-37-9-11-42-12-10-37/h2-4,13-19,25H,5-12,20H2,1H3,(H2,31,32)(H,35,40)/t25-/m1/s1. The minimum absolute atomic E-state index is 0.141. The molecule has 43 heavy (non-hydrogen) atoms. The van der Waals surface area contributed by atoms with Gasteiger partial charge >= 0.3 is 6.09 Å². The van der Waals surface area contributed by atoms with Gasteiger partial charge in [0, 0.05) is 81.1 Å². The number of anilines is 1. The van der Waals surface area contributed by atoms with Crippen molar-refractivity contribution in [2.24, 2.45) is 7.05 Å². The van der Waals surface area contributed by atoms with Crippen molar-refractivity contribution in [2.45, 2.75) is 19.0 Å². The Morgan fingerprint density at radius 2 is 1.81 bits per heavy atom. The average molecular weight is 586 g/mol. The summed E-state index contributed by atoms with van der Waals surface area (Å²) in [4.78, 5) is 34.2. The zero-order chi connectivity index (χ0) is 29.8. The summed E-state index contributed by atoms with van der Waals surface area (Å²) >= 11 is 0. The van der Waals surface area contributed by atoms with Gasteiger partial charge in [-0.15, -0.1) is 0 Å². The van der Waals surface area contributed by atoms with Crippen molar-refractivity contribution in [3.05, 3.63) is 66.9 Å². The molecule has 0 saturated carbocycles. The Morgan fingerprint density at radius 1 is 1.00 bits per heavy atom. The van der Waals surface area contributed by atoms with Crippen LogP contribution >= 0.6 is 0 Å². The summed E-state index contributed by atoms with van der Waals surface area (Å²) in [5.41, 5.74) is 9.74. The first-order valence-corrected chi connectivity index (χ1v) is 14.4. The molecular weight excluding hydrogens is 550 g/mol. The fraction of sp³-hybridized carbons (Fsp3) is 0.367. The summed E-state index contributed by atoms with van der Waals surface area (Å²) in [6.07, 6.45) is 9.11. The lowest BCUT2D eigenvalue weighted by atomic mass is 10.1. The van der Waals surface area contributed by atoms with Crippen LogP contribution in [0.2, 0.25) is 0 Å². The van der Waals surface area contributed by atoms with Crippen LogP contribution in [-0.4, -0.2) is 98.3 Å². The number of benzene rings is 1. The van der Waals surface area contributed by atoms with E-state index in [4.69, 9.17) is 15.2 Å². The van der Waals surface area contributed by atoms with Crippen LogP contribution < -0.4 is 15.8 Å². The second-order valence-corrected chi connectivity index (χ2v) is 10.8. The van der Waals surface area contributed by atoms with Crippen LogP contribution in [0.4, 0.5) is 10.6 Å². The minimum Gasteiger partial charge on any atom is -0.410 e. The number of pyridine rings is 1. The zero-order valence-corrected chi connectivity index (χ0v) is 24.1. The summed E-state index contributed by atoms with van der Waals surface area (Å²) in [5.74, 6) is 0.248. The van der Waals surface area contributed by atoms with E-state index in [1.54, 1.807) is 34.1 Å². The number of nitrogens with two attached hydrogens (primary N) is 1. The highest BCUT2D eigenvalue weighted by Crippen LogP contribution is 2.25. The number of carbonyl (C=O) groups is 2. The number of rotatable bonds is 8. The van der Waals surface area contributed by atoms with Crippen molar-refractivity contribution < 1.29 is 19.1 Å². The second kappa shape index (κ2) is 12.6. The molecular formula is C30H35N9O4. The highest BCUT2D eigenvalue weighted by Gasteiger charge is 2.29. The molecule has 2 saturated heterocycles. The van der Waals surface area contributed by atoms with Crippen LogP contribution in [0.5, 0.6) is 5.75 Å². The summed E-state index contributed by atoms with van der Waals surface area (Å²) in [6, 6.07) is 8.87. The maximum atomic E-state index is 13.1. The van der Waals surface area contributed by atoms with E-state index in [1.165, 1.54) is 0 Å². The Labute approximate surface area is 249 Å². The maximum absolute atomic E-state index is 13.1. The second-order valence-electron chi connectivity index (χ2n) is 10.8. The molecule has 0 spiro atoms. The molecule has 6 rings (SSSR count). The van der Waals surface area contributed by atoms with Gasteiger partial charge in [-0.05, 0) is 30.2 Å². The molecule has 1 aromatic carbocycles. The lowest BCUT2D eigenvalue weighted by molar-refractivity contribution is 0.0360. The van der Waals surface area contributed by atoms with Gasteiger partial charge in [0.1, 0.15) is 11.6 Å². The van der Waals surface area contributed by atoms with Gasteiger partial charge in [0.2, 0.25) is 0 Å². The number of morpholine rings is 1. The van der Waals surface area contributed by atoms with Crippen molar-refractivity contribution in [3.63, 3.8) is 0 Å². The molecule has 1 atom stereocenters. The van der Waals surface area contributed by atoms with Gasteiger partial charge in [0.05, 0.1) is 37.7 Å². The SMILES string of the molecule is Cn1cc(-c2cnc(N)c(C(=O)N[C@@H]3CCN(C(=O)Oc4cccc(-c5cnn(CCN6CCOCC6)c5)c4)C3)c2)cn1. The summed E-state index contributed by atoms with van der Waals surface area (Å²) in [5, 5.41) is 11.7. The van der Waals surface area contributed by atoms with Gasteiger partial charge in [-0.3, -0.25) is 19.1 Å². The minimum atomic E-state index is -0.463. The number of ether oxygens (including phenoxy) is 2. The van der Waals surface area contributed by atoms with E-state index >= 15 is 0 Å². The molecule has 2 amide bonds. The lowest BCUT2D eigenvalue weighted by Gasteiger charge is -2.26. The van der Waals surface area contributed by atoms with E-state index < -0.39 is 6.09 Å². The van der Waals surface area contributed by atoms with E-state index in [0.717, 1.165) is 61.6 Å². The van der Waals surface area contributed by atoms with E-state index in [2.05, 4.69) is 25.4 Å². The monoisotopic (exact) mass is 585 g/mol. The molecule has 3 N–H and O–H groups in total. The molecule has 13 nitrogen and oxygen atoms in total. The maximum Gasteiger partial charge on any atom is 0.415 e. The third-order valence-corrected chi connectivity index (χ3v) is 7.74. The molecule has 224 valence electrons. The van der Waals surface area contributed by atoms with Crippen molar-refractivity contribution in [1.29, 1.82) is 0 Å². The van der Waals surface area contributed by atoms with E-state index in [1.807, 2.05) is 48.5 Å². The molecule has 2 fully saturated rings. The quantitative estimate of drug-likeness (QED) is 0.318. The zero-order valence-electron chi connectivity index (χ0n) is 24.1. The van der Waals surface area contributed by atoms with Crippen molar-refractivity contribution in [3.8, 4) is 28.0 Å². The number of likely N-dealkylation sites (tertiary alicyclic amines) is 1. The van der Waals surface area contributed by atoms with Gasteiger partial charge in [-0.25, -0.2) is 9.78 Å². The predicted octanol–water partition coefficient (Wildman–Crippen LogP) is 2.26. The Bertz CT molecular complexity index is 1590. The van der Waals surface area contributed by atoms with E-state index in [9.17, 15) is 9.59 Å². The van der Waals surface area contributed by atoms with Crippen LogP contribution in [-0.2, 0) is 18.3 Å². The first-order chi connectivity index (χ1) is 20.9. The molecule has 4 aromatic rings. The van der Waals surface area contributed by atoms with E-state index in [0.29, 0.717) is 25.3 Å². The molecule has 2 aliphatic heterocycles. The number of amides is 2. The molecule has 2 aliphatic rings. The largest absolute Gasteiger partial charge is 0.415 e. The van der Waals surface area contributed by atoms with Crippen molar-refractivity contribution >= 4 is 17.8 Å². The topological polar surface area (TPSA) is 146 Å². The molecule has 3 aromatic heterocycles. The number of aryl methyl sites for hydroxylation is 1. The first-order valence-electron chi connectivity index (χ1n) is 14.4. The molecule has 0 bridgehead atoms. The molecule has 0 aliphatic carbocycles. The third-order valence-electron chi connectivity index (χ3n) is 7.74. The molecule has 5 heterocycles. The average Bonchev–Trinajstić information content (AvgIpc) is 3.79. The van der Waals surface area contributed by atoms with Gasteiger partial charge in [-0.1, -0.05) is 12.1 Å². The Hall–Kier alpha value is -4.75. The molecule has 13 heteroatoms. The third kappa shape index (κ3) is 6.84. The Kier molecular flexibility index (Phi) is 8.34. The normalized spacial score (nSPS) is 17.2.